The van der Waals surface area contributed by atoms with Crippen molar-refractivity contribution >= 4 is 5.96 Å². The monoisotopic (exact) mass is 387 g/mol. The van der Waals surface area contributed by atoms with Crippen LogP contribution >= 0.6 is 0 Å². The molecule has 2 saturated heterocycles. The van der Waals surface area contributed by atoms with E-state index in [9.17, 15) is 0 Å². The summed E-state index contributed by atoms with van der Waals surface area (Å²) in [6, 6.07) is 11.8. The van der Waals surface area contributed by atoms with Crippen LogP contribution in [0.5, 0.6) is 0 Å². The van der Waals surface area contributed by atoms with Crippen molar-refractivity contribution in [3.63, 3.8) is 0 Å². The molecule has 0 spiro atoms. The quantitative estimate of drug-likeness (QED) is 0.527. The molecular formula is C22H37N5O. The molecule has 6 heteroatoms. The topological polar surface area (TPSA) is 52.1 Å². The second-order valence-electron chi connectivity index (χ2n) is 8.16. The lowest BCUT2D eigenvalue weighted by Gasteiger charge is -2.35. The van der Waals surface area contributed by atoms with Crippen LogP contribution in [0, 0.1) is 0 Å². The number of morpholine rings is 1. The molecule has 156 valence electrons. The Kier molecular flexibility index (Phi) is 8.13. The number of hydrogen-bond donors (Lipinski definition) is 2. The summed E-state index contributed by atoms with van der Waals surface area (Å²) >= 11 is 0. The van der Waals surface area contributed by atoms with Crippen LogP contribution in [-0.2, 0) is 11.3 Å². The van der Waals surface area contributed by atoms with Gasteiger partial charge in [0, 0.05) is 45.3 Å². The summed E-state index contributed by atoms with van der Waals surface area (Å²) in [5, 5.41) is 6.88. The highest BCUT2D eigenvalue weighted by atomic mass is 16.5. The highest BCUT2D eigenvalue weighted by Gasteiger charge is 2.32. The van der Waals surface area contributed by atoms with Crippen molar-refractivity contribution < 1.29 is 4.74 Å². The fourth-order valence-corrected chi connectivity index (χ4v) is 4.09. The molecule has 2 aliphatic rings. The van der Waals surface area contributed by atoms with Crippen molar-refractivity contribution in [1.29, 1.82) is 0 Å². The van der Waals surface area contributed by atoms with Crippen LogP contribution in [0.1, 0.15) is 31.7 Å². The van der Waals surface area contributed by atoms with Gasteiger partial charge in [-0.1, -0.05) is 30.3 Å². The molecule has 1 aromatic carbocycles. The Labute approximate surface area is 170 Å². The Morgan fingerprint density at radius 3 is 2.93 bits per heavy atom. The summed E-state index contributed by atoms with van der Waals surface area (Å²) in [6.45, 7) is 8.12. The number of fused-ring (bicyclic) bond motifs is 1. The van der Waals surface area contributed by atoms with E-state index in [1.165, 1.54) is 24.9 Å². The van der Waals surface area contributed by atoms with Gasteiger partial charge in [0.05, 0.1) is 12.7 Å². The van der Waals surface area contributed by atoms with E-state index in [1.807, 2.05) is 7.05 Å². The summed E-state index contributed by atoms with van der Waals surface area (Å²) in [5.41, 5.74) is 1.36. The first-order valence-corrected chi connectivity index (χ1v) is 10.7. The van der Waals surface area contributed by atoms with Crippen molar-refractivity contribution in [3.05, 3.63) is 35.9 Å². The summed E-state index contributed by atoms with van der Waals surface area (Å²) in [7, 11) is 4.02. The number of nitrogens with zero attached hydrogens (tertiary/aromatic N) is 3. The van der Waals surface area contributed by atoms with Gasteiger partial charge in [0.2, 0.25) is 0 Å². The van der Waals surface area contributed by atoms with E-state index >= 15 is 0 Å². The van der Waals surface area contributed by atoms with E-state index in [-0.39, 0.29) is 6.10 Å². The Bertz CT molecular complexity index is 608. The lowest BCUT2D eigenvalue weighted by molar-refractivity contribution is -0.0453. The first-order chi connectivity index (χ1) is 13.7. The lowest BCUT2D eigenvalue weighted by Crippen LogP contribution is -2.51. The maximum absolute atomic E-state index is 6.02. The van der Waals surface area contributed by atoms with Gasteiger partial charge in [0.15, 0.2) is 5.96 Å². The molecule has 2 fully saturated rings. The highest BCUT2D eigenvalue weighted by molar-refractivity contribution is 5.79. The zero-order valence-electron chi connectivity index (χ0n) is 17.7. The Balaban J connectivity index is 1.32. The third-order valence-electron chi connectivity index (χ3n) is 6.06. The fraction of sp³-hybridized carbons (Fsp3) is 0.682. The van der Waals surface area contributed by atoms with Gasteiger partial charge in [-0.05, 0) is 45.3 Å². The van der Waals surface area contributed by atoms with Crippen molar-refractivity contribution in [2.75, 3.05) is 46.9 Å². The summed E-state index contributed by atoms with van der Waals surface area (Å²) in [4.78, 5) is 9.34. The molecule has 0 saturated carbocycles. The van der Waals surface area contributed by atoms with Gasteiger partial charge < -0.3 is 15.4 Å². The highest BCUT2D eigenvalue weighted by Crippen LogP contribution is 2.22. The van der Waals surface area contributed by atoms with Gasteiger partial charge in [0.1, 0.15) is 0 Å². The van der Waals surface area contributed by atoms with Gasteiger partial charge in [-0.25, -0.2) is 0 Å². The normalized spacial score (nSPS) is 24.2. The molecule has 2 N–H and O–H groups in total. The van der Waals surface area contributed by atoms with Crippen molar-refractivity contribution in [2.45, 2.75) is 50.9 Å². The number of benzene rings is 1. The standard InChI is InChI=1S/C22H37N5O/c1-18(26(3)15-19-8-5-4-6-9-19)11-12-24-22(23-2)25-14-21-16-27-13-7-10-20(27)17-28-21/h4-6,8-9,18,20-21H,7,10-17H2,1-3H3,(H2,23,24,25). The van der Waals surface area contributed by atoms with E-state index < -0.39 is 0 Å². The minimum absolute atomic E-state index is 0.254. The molecule has 6 nitrogen and oxygen atoms in total. The van der Waals surface area contributed by atoms with E-state index in [2.05, 4.69) is 69.7 Å². The zero-order chi connectivity index (χ0) is 19.8. The minimum Gasteiger partial charge on any atom is -0.373 e. The second kappa shape index (κ2) is 10.8. The van der Waals surface area contributed by atoms with Crippen LogP contribution in [0.25, 0.3) is 0 Å². The first-order valence-electron chi connectivity index (χ1n) is 10.7. The molecule has 0 aliphatic carbocycles. The average Bonchev–Trinajstić information content (AvgIpc) is 3.19. The number of ether oxygens (including phenoxy) is 1. The largest absolute Gasteiger partial charge is 0.373 e. The molecule has 3 atom stereocenters. The van der Waals surface area contributed by atoms with Crippen molar-refractivity contribution in [1.82, 2.24) is 20.4 Å². The molecular weight excluding hydrogens is 350 g/mol. The van der Waals surface area contributed by atoms with Gasteiger partial charge in [0.25, 0.3) is 0 Å². The number of nitrogens with one attached hydrogen (secondary N) is 2. The molecule has 0 amide bonds. The van der Waals surface area contributed by atoms with Crippen LogP contribution in [0.15, 0.2) is 35.3 Å². The SMILES string of the molecule is CN=C(NCCC(C)N(C)Cc1ccccc1)NCC1CN2CCCC2CO1. The van der Waals surface area contributed by atoms with Crippen molar-refractivity contribution in [3.8, 4) is 0 Å². The lowest BCUT2D eigenvalue weighted by atomic mass is 10.1. The number of guanidine groups is 1. The fourth-order valence-electron chi connectivity index (χ4n) is 4.09. The van der Waals surface area contributed by atoms with Crippen LogP contribution in [0.2, 0.25) is 0 Å². The second-order valence-corrected chi connectivity index (χ2v) is 8.16. The van der Waals surface area contributed by atoms with E-state index in [1.54, 1.807) is 0 Å². The van der Waals surface area contributed by atoms with Crippen LogP contribution < -0.4 is 10.6 Å². The van der Waals surface area contributed by atoms with E-state index in [0.29, 0.717) is 12.1 Å². The molecule has 28 heavy (non-hydrogen) atoms. The van der Waals surface area contributed by atoms with Gasteiger partial charge in [-0.15, -0.1) is 0 Å². The molecule has 0 bridgehead atoms. The third kappa shape index (κ3) is 6.19. The maximum Gasteiger partial charge on any atom is 0.191 e. The van der Waals surface area contributed by atoms with Gasteiger partial charge >= 0.3 is 0 Å². The smallest absolute Gasteiger partial charge is 0.191 e. The molecule has 3 rings (SSSR count). The Hall–Kier alpha value is -1.63. The van der Waals surface area contributed by atoms with Crippen molar-refractivity contribution in [2.24, 2.45) is 4.99 Å². The maximum atomic E-state index is 6.02. The number of hydrogen-bond acceptors (Lipinski definition) is 4. The summed E-state index contributed by atoms with van der Waals surface area (Å²) in [5.74, 6) is 0.866. The molecule has 2 heterocycles. The van der Waals surface area contributed by atoms with E-state index in [4.69, 9.17) is 4.74 Å². The van der Waals surface area contributed by atoms with Crippen LogP contribution in [0.4, 0.5) is 0 Å². The minimum atomic E-state index is 0.254. The summed E-state index contributed by atoms with van der Waals surface area (Å²) < 4.78 is 6.02. The molecule has 0 aromatic heterocycles. The first kappa shape index (κ1) is 21.1. The summed E-state index contributed by atoms with van der Waals surface area (Å²) in [6.07, 6.45) is 3.93. The Morgan fingerprint density at radius 1 is 1.32 bits per heavy atom. The zero-order valence-corrected chi connectivity index (χ0v) is 17.7. The molecule has 2 aliphatic heterocycles. The number of aliphatic imine (C=N–C) groups is 1. The van der Waals surface area contributed by atoms with Gasteiger partial charge in [-0.3, -0.25) is 14.8 Å². The molecule has 0 radical (unpaired) electrons. The average molecular weight is 388 g/mol. The van der Waals surface area contributed by atoms with Gasteiger partial charge in [-0.2, -0.15) is 0 Å². The van der Waals surface area contributed by atoms with E-state index in [0.717, 1.165) is 45.2 Å². The van der Waals surface area contributed by atoms with Crippen LogP contribution in [0.3, 0.4) is 0 Å². The molecule has 1 aromatic rings. The number of rotatable bonds is 8. The molecule has 3 unspecified atom stereocenters. The Morgan fingerprint density at radius 2 is 2.14 bits per heavy atom. The predicted molar refractivity (Wildman–Crippen MR) is 116 cm³/mol. The predicted octanol–water partition coefficient (Wildman–Crippen LogP) is 1.93. The van der Waals surface area contributed by atoms with Crippen LogP contribution in [-0.4, -0.2) is 80.8 Å². The third-order valence-corrected chi connectivity index (χ3v) is 6.06.